The Morgan fingerprint density at radius 1 is 1.35 bits per heavy atom. The minimum atomic E-state index is -0.0590. The van der Waals surface area contributed by atoms with Crippen molar-refractivity contribution in [2.24, 2.45) is 0 Å². The molecule has 0 saturated carbocycles. The first-order valence-corrected chi connectivity index (χ1v) is 7.98. The van der Waals surface area contributed by atoms with Crippen molar-refractivity contribution in [1.29, 1.82) is 5.41 Å². The smallest absolute Gasteiger partial charge is 0.245 e. The number of benzene rings is 1. The molecule has 0 radical (unpaired) electrons. The van der Waals surface area contributed by atoms with Crippen molar-refractivity contribution < 1.29 is 4.79 Å². The number of thioether (sulfide) groups is 1. The van der Waals surface area contributed by atoms with Gasteiger partial charge in [-0.25, -0.2) is 9.88 Å². The van der Waals surface area contributed by atoms with Crippen LogP contribution < -0.4 is 4.90 Å². The summed E-state index contributed by atoms with van der Waals surface area (Å²) in [4.78, 5) is 18.5. The van der Waals surface area contributed by atoms with Crippen LogP contribution in [0.25, 0.3) is 0 Å². The third-order valence-electron chi connectivity index (χ3n) is 3.02. The third kappa shape index (κ3) is 2.62. The highest BCUT2D eigenvalue weighted by molar-refractivity contribution is 8.15. The van der Waals surface area contributed by atoms with Gasteiger partial charge in [-0.1, -0.05) is 41.6 Å². The van der Waals surface area contributed by atoms with E-state index in [0.29, 0.717) is 10.9 Å². The Kier molecular flexibility index (Phi) is 3.58. The molecule has 0 spiro atoms. The second-order valence-corrected chi connectivity index (χ2v) is 6.65. The topological polar surface area (TPSA) is 57.1 Å². The molecule has 1 aromatic carbocycles. The number of hydrogen-bond donors (Lipinski definition) is 1. The Morgan fingerprint density at radius 3 is 2.75 bits per heavy atom. The molecule has 1 aliphatic rings. The van der Waals surface area contributed by atoms with E-state index >= 15 is 0 Å². The van der Waals surface area contributed by atoms with E-state index in [-0.39, 0.29) is 11.1 Å². The van der Waals surface area contributed by atoms with E-state index in [1.807, 2.05) is 0 Å². The number of nitrogens with one attached hydrogen (secondary N) is 1. The van der Waals surface area contributed by atoms with Gasteiger partial charge in [0.15, 0.2) is 10.3 Å². The van der Waals surface area contributed by atoms with Crippen molar-refractivity contribution in [3.8, 4) is 0 Å². The molecule has 2 heterocycles. The normalized spacial score (nSPS) is 15.2. The molecule has 1 aromatic heterocycles. The van der Waals surface area contributed by atoms with Crippen molar-refractivity contribution in [1.82, 2.24) is 4.98 Å². The van der Waals surface area contributed by atoms with E-state index in [4.69, 9.17) is 5.41 Å². The van der Waals surface area contributed by atoms with Gasteiger partial charge in [0.05, 0.1) is 5.75 Å². The molecule has 2 aromatic rings. The Hall–Kier alpha value is -1.66. The van der Waals surface area contributed by atoms with Gasteiger partial charge < -0.3 is 0 Å². The quantitative estimate of drug-likeness (QED) is 0.948. The maximum Gasteiger partial charge on any atom is 0.245 e. The zero-order valence-corrected chi connectivity index (χ0v) is 12.6. The van der Waals surface area contributed by atoms with Crippen LogP contribution in [0.4, 0.5) is 5.13 Å². The van der Waals surface area contributed by atoms with Gasteiger partial charge in [-0.3, -0.25) is 10.2 Å². The summed E-state index contributed by atoms with van der Waals surface area (Å²) >= 11 is 2.73. The summed E-state index contributed by atoms with van der Waals surface area (Å²) in [7, 11) is 0. The maximum absolute atomic E-state index is 11.7. The van der Waals surface area contributed by atoms with Crippen molar-refractivity contribution in [2.45, 2.75) is 13.3 Å². The first kappa shape index (κ1) is 13.3. The molecule has 1 fully saturated rings. The molecule has 1 N–H and O–H groups in total. The highest BCUT2D eigenvalue weighted by atomic mass is 32.2. The van der Waals surface area contributed by atoms with Gasteiger partial charge in [0.2, 0.25) is 5.91 Å². The van der Waals surface area contributed by atoms with Crippen LogP contribution in [0.15, 0.2) is 30.5 Å². The minimum Gasteiger partial charge on any atom is -0.278 e. The van der Waals surface area contributed by atoms with E-state index < -0.39 is 0 Å². The minimum absolute atomic E-state index is 0.0590. The number of carbonyl (C=O) groups is 1. The Bertz CT molecular complexity index is 647. The van der Waals surface area contributed by atoms with Crippen LogP contribution in [0.1, 0.15) is 16.0 Å². The number of aryl methyl sites for hydroxylation is 1. The summed E-state index contributed by atoms with van der Waals surface area (Å²) in [6.07, 6.45) is 2.60. The lowest BCUT2D eigenvalue weighted by atomic mass is 10.1. The summed E-state index contributed by atoms with van der Waals surface area (Å²) in [6, 6.07) is 8.39. The summed E-state index contributed by atoms with van der Waals surface area (Å²) in [5.41, 5.74) is 2.47. The summed E-state index contributed by atoms with van der Waals surface area (Å²) in [5.74, 6) is 0.280. The summed E-state index contributed by atoms with van der Waals surface area (Å²) in [6.45, 7) is 2.07. The fraction of sp³-hybridized carbons (Fsp3) is 0.214. The number of rotatable bonds is 3. The van der Waals surface area contributed by atoms with Crippen LogP contribution >= 0.6 is 23.1 Å². The Labute approximate surface area is 125 Å². The molecule has 1 saturated heterocycles. The molecule has 0 aliphatic carbocycles. The molecular weight excluding hydrogens is 290 g/mol. The standard InChI is InChI=1S/C14H13N3OS2/c1-9-2-4-10(5-3-9)6-11-7-16-14(20-11)17-12(18)8-19-13(17)15/h2-5,7,15H,6,8H2,1H3. The summed E-state index contributed by atoms with van der Waals surface area (Å²) < 4.78 is 0. The maximum atomic E-state index is 11.7. The third-order valence-corrected chi connectivity index (χ3v) is 4.85. The molecule has 20 heavy (non-hydrogen) atoms. The van der Waals surface area contributed by atoms with E-state index in [2.05, 4.69) is 36.2 Å². The predicted octanol–water partition coefficient (Wildman–Crippen LogP) is 3.06. The zero-order chi connectivity index (χ0) is 14.1. The fourth-order valence-corrected chi connectivity index (χ4v) is 3.69. The van der Waals surface area contributed by atoms with Gasteiger partial charge >= 0.3 is 0 Å². The molecule has 1 amide bonds. The van der Waals surface area contributed by atoms with E-state index in [0.717, 1.165) is 11.3 Å². The Morgan fingerprint density at radius 2 is 2.10 bits per heavy atom. The second-order valence-electron chi connectivity index (χ2n) is 4.59. The van der Waals surface area contributed by atoms with Gasteiger partial charge in [0.25, 0.3) is 0 Å². The molecule has 1 aliphatic heterocycles. The highest BCUT2D eigenvalue weighted by Gasteiger charge is 2.30. The monoisotopic (exact) mass is 303 g/mol. The average molecular weight is 303 g/mol. The molecule has 6 heteroatoms. The van der Waals surface area contributed by atoms with Crippen molar-refractivity contribution in [3.63, 3.8) is 0 Å². The fourth-order valence-electron chi connectivity index (χ4n) is 1.96. The first-order chi connectivity index (χ1) is 9.63. The molecule has 3 rings (SSSR count). The van der Waals surface area contributed by atoms with Crippen LogP contribution in [0.3, 0.4) is 0 Å². The van der Waals surface area contributed by atoms with Crippen molar-refractivity contribution in [2.75, 3.05) is 10.7 Å². The lowest BCUT2D eigenvalue weighted by Crippen LogP contribution is -2.28. The SMILES string of the molecule is Cc1ccc(Cc2cnc(N3C(=N)SCC3=O)s2)cc1. The lowest BCUT2D eigenvalue weighted by Gasteiger charge is -2.09. The number of amidine groups is 1. The number of nitrogens with zero attached hydrogens (tertiary/aromatic N) is 2. The van der Waals surface area contributed by atoms with E-state index in [1.54, 1.807) is 6.20 Å². The van der Waals surface area contributed by atoms with Gasteiger partial charge in [-0.2, -0.15) is 0 Å². The second kappa shape index (κ2) is 5.38. The van der Waals surface area contributed by atoms with Gasteiger partial charge in [-0.15, -0.1) is 11.3 Å². The number of aromatic nitrogens is 1. The van der Waals surface area contributed by atoms with Crippen molar-refractivity contribution >= 4 is 39.3 Å². The highest BCUT2D eigenvalue weighted by Crippen LogP contribution is 2.30. The van der Waals surface area contributed by atoms with E-state index in [1.165, 1.54) is 39.1 Å². The van der Waals surface area contributed by atoms with Crippen LogP contribution in [0.5, 0.6) is 0 Å². The largest absolute Gasteiger partial charge is 0.278 e. The molecule has 0 atom stereocenters. The number of carbonyl (C=O) groups excluding carboxylic acids is 1. The van der Waals surface area contributed by atoms with Gasteiger partial charge in [-0.05, 0) is 12.5 Å². The van der Waals surface area contributed by atoms with E-state index in [9.17, 15) is 4.79 Å². The number of anilines is 1. The van der Waals surface area contributed by atoms with Crippen LogP contribution in [0, 0.1) is 12.3 Å². The lowest BCUT2D eigenvalue weighted by molar-refractivity contribution is -0.115. The molecule has 4 nitrogen and oxygen atoms in total. The molecule has 102 valence electrons. The predicted molar refractivity (Wildman–Crippen MR) is 83.8 cm³/mol. The average Bonchev–Trinajstić information content (AvgIpc) is 3.00. The van der Waals surface area contributed by atoms with Gasteiger partial charge in [0.1, 0.15) is 0 Å². The number of hydrogen-bond acceptors (Lipinski definition) is 5. The first-order valence-electron chi connectivity index (χ1n) is 6.18. The molecule has 0 bridgehead atoms. The molecular formula is C14H13N3OS2. The van der Waals surface area contributed by atoms with Crippen LogP contribution in [0.2, 0.25) is 0 Å². The van der Waals surface area contributed by atoms with Crippen molar-refractivity contribution in [3.05, 3.63) is 46.5 Å². The number of amides is 1. The zero-order valence-electron chi connectivity index (χ0n) is 10.9. The van der Waals surface area contributed by atoms with Crippen LogP contribution in [-0.4, -0.2) is 21.8 Å². The Balaban J connectivity index is 1.78. The summed E-state index contributed by atoms with van der Waals surface area (Å²) in [5, 5.41) is 8.64. The number of thiazole rings is 1. The van der Waals surface area contributed by atoms with Gasteiger partial charge in [0, 0.05) is 17.5 Å². The molecule has 0 unspecified atom stereocenters. The van der Waals surface area contributed by atoms with Crippen LogP contribution in [-0.2, 0) is 11.2 Å².